The summed E-state index contributed by atoms with van der Waals surface area (Å²) in [5.74, 6) is 0. The van der Waals surface area contributed by atoms with Crippen LogP contribution in [0.4, 0.5) is 11.4 Å². The van der Waals surface area contributed by atoms with Gasteiger partial charge in [-0.1, -0.05) is 6.07 Å². The molecular formula is C16H15N5O5S. The smallest absolute Gasteiger partial charge is 0.279 e. The molecule has 0 saturated carbocycles. The first-order valence-corrected chi connectivity index (χ1v) is 9.13. The molecule has 0 aliphatic heterocycles. The zero-order chi connectivity index (χ0) is 19.9. The summed E-state index contributed by atoms with van der Waals surface area (Å²) in [5, 5.41) is 19.0. The molecule has 1 heterocycles. The molecule has 5 N–H and O–H groups in total. The Hall–Kier alpha value is -3.44. The third-order valence-electron chi connectivity index (χ3n) is 3.99. The summed E-state index contributed by atoms with van der Waals surface area (Å²) in [6.45, 7) is 1.61. The van der Waals surface area contributed by atoms with Crippen LogP contribution < -0.4 is 16.4 Å². The van der Waals surface area contributed by atoms with E-state index in [1.54, 1.807) is 6.92 Å². The minimum atomic E-state index is -3.95. The van der Waals surface area contributed by atoms with Crippen LogP contribution in [-0.2, 0) is 10.0 Å². The number of aryl methyl sites for hydroxylation is 1. The number of nitrogens with two attached hydrogens (primary N) is 2. The van der Waals surface area contributed by atoms with E-state index in [1.165, 1.54) is 42.5 Å². The number of hydrogen-bond donors (Lipinski definition) is 3. The van der Waals surface area contributed by atoms with Gasteiger partial charge in [-0.15, -0.1) is 0 Å². The van der Waals surface area contributed by atoms with Gasteiger partial charge in [0, 0.05) is 29.1 Å². The van der Waals surface area contributed by atoms with Crippen LogP contribution in [0.1, 0.15) is 5.69 Å². The van der Waals surface area contributed by atoms with Crippen molar-refractivity contribution >= 4 is 21.4 Å². The monoisotopic (exact) mass is 389 g/mol. The van der Waals surface area contributed by atoms with Crippen LogP contribution in [-0.4, -0.2) is 23.1 Å². The molecule has 0 fully saturated rings. The molecule has 3 rings (SSSR count). The quantitative estimate of drug-likeness (QED) is 0.345. The maximum Gasteiger partial charge on any atom is 0.279 e. The summed E-state index contributed by atoms with van der Waals surface area (Å²) in [5.41, 5.74) is 6.38. The second kappa shape index (κ2) is 6.37. The average molecular weight is 389 g/mol. The lowest BCUT2D eigenvalue weighted by molar-refractivity contribution is -0.384. The first kappa shape index (κ1) is 18.4. The number of aromatic nitrogens is 2. The highest BCUT2D eigenvalue weighted by molar-refractivity contribution is 7.89. The van der Waals surface area contributed by atoms with E-state index < -0.39 is 20.5 Å². The average Bonchev–Trinajstić information content (AvgIpc) is 2.89. The van der Waals surface area contributed by atoms with Gasteiger partial charge in [0.2, 0.25) is 10.0 Å². The molecule has 3 aromatic rings. The second-order valence-electron chi connectivity index (χ2n) is 5.82. The lowest BCUT2D eigenvalue weighted by Gasteiger charge is -2.04. The van der Waals surface area contributed by atoms with Crippen molar-refractivity contribution in [3.63, 3.8) is 0 Å². The maximum absolute atomic E-state index is 12.9. The van der Waals surface area contributed by atoms with Crippen LogP contribution in [0.25, 0.3) is 16.8 Å². The number of nitro benzene ring substituents is 1. The predicted octanol–water partition coefficient (Wildman–Crippen LogP) is 1.28. The van der Waals surface area contributed by atoms with Crippen molar-refractivity contribution in [2.24, 2.45) is 5.14 Å². The highest BCUT2D eigenvalue weighted by Crippen LogP contribution is 2.30. The fourth-order valence-electron chi connectivity index (χ4n) is 2.72. The topological polar surface area (TPSA) is 167 Å². The lowest BCUT2D eigenvalue weighted by atomic mass is 10.0. The zero-order valence-corrected chi connectivity index (χ0v) is 14.9. The number of hydrogen-bond acceptors (Lipinski definition) is 6. The number of sulfonamides is 1. The largest absolute Gasteiger partial charge is 0.398 e. The van der Waals surface area contributed by atoms with E-state index in [0.29, 0.717) is 5.69 Å². The van der Waals surface area contributed by atoms with E-state index in [0.717, 1.165) is 4.68 Å². The number of nitrogens with one attached hydrogen (secondary N) is 1. The number of rotatable bonds is 4. The van der Waals surface area contributed by atoms with Gasteiger partial charge in [0.05, 0.1) is 21.1 Å². The molecule has 0 radical (unpaired) electrons. The Bertz CT molecular complexity index is 1230. The number of primary sulfonamides is 1. The molecule has 0 saturated heterocycles. The van der Waals surface area contributed by atoms with Crippen molar-refractivity contribution in [2.75, 3.05) is 5.73 Å². The fraction of sp³-hybridized carbons (Fsp3) is 0.0625. The molecule has 0 aliphatic carbocycles. The first-order valence-electron chi connectivity index (χ1n) is 7.58. The van der Waals surface area contributed by atoms with Gasteiger partial charge in [0.25, 0.3) is 11.2 Å². The van der Waals surface area contributed by atoms with Gasteiger partial charge in [-0.25, -0.2) is 18.2 Å². The van der Waals surface area contributed by atoms with Gasteiger partial charge >= 0.3 is 0 Å². The molecule has 10 nitrogen and oxygen atoms in total. The minimum Gasteiger partial charge on any atom is -0.398 e. The summed E-state index contributed by atoms with van der Waals surface area (Å²) >= 11 is 0. The van der Waals surface area contributed by atoms with Crippen LogP contribution in [0.3, 0.4) is 0 Å². The van der Waals surface area contributed by atoms with Gasteiger partial charge in [0.1, 0.15) is 0 Å². The highest BCUT2D eigenvalue weighted by atomic mass is 32.2. The number of anilines is 1. The first-order chi connectivity index (χ1) is 12.6. The van der Waals surface area contributed by atoms with Crippen molar-refractivity contribution in [1.29, 1.82) is 0 Å². The van der Waals surface area contributed by atoms with Crippen LogP contribution in [0, 0.1) is 17.0 Å². The minimum absolute atomic E-state index is 0.150. The summed E-state index contributed by atoms with van der Waals surface area (Å²) in [7, 11) is -3.95. The maximum atomic E-state index is 12.9. The molecule has 1 aromatic heterocycles. The van der Waals surface area contributed by atoms with Crippen molar-refractivity contribution in [1.82, 2.24) is 9.78 Å². The van der Waals surface area contributed by atoms with Crippen LogP contribution >= 0.6 is 0 Å². The molecule has 0 aliphatic rings. The van der Waals surface area contributed by atoms with Crippen molar-refractivity contribution in [2.45, 2.75) is 11.8 Å². The number of H-pyrrole nitrogens is 1. The molecule has 0 unspecified atom stereocenters. The van der Waals surface area contributed by atoms with Crippen molar-refractivity contribution in [3.8, 4) is 16.8 Å². The normalized spacial score (nSPS) is 11.5. The van der Waals surface area contributed by atoms with E-state index >= 15 is 0 Å². The fourth-order valence-corrected chi connectivity index (χ4v) is 3.27. The van der Waals surface area contributed by atoms with E-state index in [4.69, 9.17) is 10.9 Å². The highest BCUT2D eigenvalue weighted by Gasteiger charge is 2.20. The standard InChI is InChI=1S/C16H15N5O5S/c1-9-15(13-8-11(21(23)24)5-6-14(13)17)16(22)20(19-9)10-3-2-4-12(7-10)27(18,25)26/h2-8,19H,17H2,1H3,(H2,18,25,26). The van der Waals surface area contributed by atoms with Gasteiger partial charge in [-0.3, -0.25) is 20.0 Å². The molecule has 27 heavy (non-hydrogen) atoms. The second-order valence-corrected chi connectivity index (χ2v) is 7.38. The van der Waals surface area contributed by atoms with Crippen LogP contribution in [0.15, 0.2) is 52.2 Å². The number of aromatic amines is 1. The lowest BCUT2D eigenvalue weighted by Crippen LogP contribution is -2.17. The SMILES string of the molecule is Cc1[nH]n(-c2cccc(S(N)(=O)=O)c2)c(=O)c1-c1cc([N+](=O)[O-])ccc1N. The van der Waals surface area contributed by atoms with E-state index in [9.17, 15) is 23.3 Å². The van der Waals surface area contributed by atoms with Gasteiger partial charge < -0.3 is 5.73 Å². The van der Waals surface area contributed by atoms with Crippen molar-refractivity contribution in [3.05, 3.63) is 68.6 Å². The van der Waals surface area contributed by atoms with Crippen LogP contribution in [0.2, 0.25) is 0 Å². The summed E-state index contributed by atoms with van der Waals surface area (Å²) in [6, 6.07) is 9.33. The molecule has 11 heteroatoms. The van der Waals surface area contributed by atoms with Crippen molar-refractivity contribution < 1.29 is 13.3 Å². The Kier molecular flexibility index (Phi) is 4.33. The molecule has 0 spiro atoms. The Morgan fingerprint density at radius 2 is 1.89 bits per heavy atom. The Balaban J connectivity index is 2.22. The molecule has 2 aromatic carbocycles. The van der Waals surface area contributed by atoms with E-state index in [2.05, 4.69) is 5.10 Å². The summed E-state index contributed by atoms with van der Waals surface area (Å²) in [6.07, 6.45) is 0. The number of benzene rings is 2. The summed E-state index contributed by atoms with van der Waals surface area (Å²) < 4.78 is 24.2. The molecule has 140 valence electrons. The third-order valence-corrected chi connectivity index (χ3v) is 4.90. The van der Waals surface area contributed by atoms with E-state index in [1.807, 2.05) is 0 Å². The van der Waals surface area contributed by atoms with Gasteiger partial charge in [-0.2, -0.15) is 0 Å². The predicted molar refractivity (Wildman–Crippen MR) is 99.0 cm³/mol. The van der Waals surface area contributed by atoms with Gasteiger partial charge in [-0.05, 0) is 31.2 Å². The molecular weight excluding hydrogens is 374 g/mol. The Morgan fingerprint density at radius 3 is 2.52 bits per heavy atom. The number of nitrogens with zero attached hydrogens (tertiary/aromatic N) is 2. The molecule has 0 atom stereocenters. The van der Waals surface area contributed by atoms with Crippen LogP contribution in [0.5, 0.6) is 0 Å². The zero-order valence-electron chi connectivity index (χ0n) is 14.0. The number of nitrogen functional groups attached to an aromatic ring is 1. The summed E-state index contributed by atoms with van der Waals surface area (Å²) in [4.78, 5) is 23.2. The Morgan fingerprint density at radius 1 is 1.19 bits per heavy atom. The van der Waals surface area contributed by atoms with E-state index in [-0.39, 0.29) is 33.1 Å². The molecule has 0 amide bonds. The number of nitro groups is 1. The third kappa shape index (κ3) is 3.32. The van der Waals surface area contributed by atoms with Gasteiger partial charge in [0.15, 0.2) is 0 Å². The molecule has 0 bridgehead atoms. The Labute approximate surface area is 153 Å². The number of non-ortho nitro benzene ring substituents is 1.